The normalized spacial score (nSPS) is 15.7. The Morgan fingerprint density at radius 3 is 2.58 bits per heavy atom. The molecule has 1 unspecified atom stereocenters. The fourth-order valence-electron chi connectivity index (χ4n) is 4.96. The second-order valence-electron chi connectivity index (χ2n) is 9.42. The van der Waals surface area contributed by atoms with Gasteiger partial charge in [0.25, 0.3) is 0 Å². The molecule has 2 heterocycles. The maximum absolute atomic E-state index is 13.0. The fraction of sp³-hybridized carbons (Fsp3) is 0.333. The number of unbranched alkanes of at least 4 members (excludes halogenated alkanes) is 1. The van der Waals surface area contributed by atoms with Crippen LogP contribution in [0.1, 0.15) is 49.9 Å². The van der Waals surface area contributed by atoms with Crippen molar-refractivity contribution < 1.29 is 9.53 Å². The second-order valence-corrected chi connectivity index (χ2v) is 9.83. The van der Waals surface area contributed by atoms with Crippen molar-refractivity contribution >= 4 is 34.2 Å². The Morgan fingerprint density at radius 2 is 1.78 bits per heavy atom. The lowest BCUT2D eigenvalue weighted by atomic mass is 10.1. The van der Waals surface area contributed by atoms with Crippen LogP contribution in [0.2, 0.25) is 5.02 Å². The van der Waals surface area contributed by atoms with Crippen molar-refractivity contribution in [3.8, 4) is 5.75 Å². The van der Waals surface area contributed by atoms with Crippen LogP contribution in [0.15, 0.2) is 72.8 Å². The van der Waals surface area contributed by atoms with Crippen molar-refractivity contribution in [3.63, 3.8) is 0 Å². The average Bonchev–Trinajstić information content (AvgIpc) is 3.47. The van der Waals surface area contributed by atoms with Gasteiger partial charge in [-0.1, -0.05) is 61.3 Å². The number of carbonyl (C=O) groups is 1. The molecular weight excluding hydrogens is 470 g/mol. The molecule has 1 aliphatic heterocycles. The third-order valence-corrected chi connectivity index (χ3v) is 7.17. The SMILES string of the molecule is CCCCc1ccc(N2CC(c3nc4ccccc4n3CCCOc3ccccc3Cl)CC2=O)cc1. The van der Waals surface area contributed by atoms with Gasteiger partial charge in [-0.15, -0.1) is 0 Å². The molecule has 1 saturated heterocycles. The molecule has 0 saturated carbocycles. The van der Waals surface area contributed by atoms with E-state index in [1.54, 1.807) is 0 Å². The highest BCUT2D eigenvalue weighted by Crippen LogP contribution is 2.33. The number of imidazole rings is 1. The van der Waals surface area contributed by atoms with E-state index in [0.717, 1.165) is 41.9 Å². The van der Waals surface area contributed by atoms with E-state index in [1.165, 1.54) is 18.4 Å². The number of aryl methyl sites for hydroxylation is 2. The summed E-state index contributed by atoms with van der Waals surface area (Å²) in [7, 11) is 0. The molecule has 1 fully saturated rings. The molecule has 1 aliphatic rings. The number of hydrogen-bond acceptors (Lipinski definition) is 3. The molecule has 0 radical (unpaired) electrons. The van der Waals surface area contributed by atoms with E-state index in [9.17, 15) is 4.79 Å². The second kappa shape index (κ2) is 11.2. The number of para-hydroxylation sites is 3. The summed E-state index contributed by atoms with van der Waals surface area (Å²) in [5, 5.41) is 0.620. The number of aromatic nitrogens is 2. The number of fused-ring (bicyclic) bond motifs is 1. The third kappa shape index (κ3) is 5.26. The highest BCUT2D eigenvalue weighted by atomic mass is 35.5. The Labute approximate surface area is 217 Å². The van der Waals surface area contributed by atoms with E-state index < -0.39 is 0 Å². The number of carbonyl (C=O) groups excluding carboxylic acids is 1. The van der Waals surface area contributed by atoms with E-state index >= 15 is 0 Å². The molecule has 1 aromatic heterocycles. The Bertz CT molecular complexity index is 1330. The van der Waals surface area contributed by atoms with E-state index in [0.29, 0.717) is 30.3 Å². The molecule has 0 bridgehead atoms. The molecule has 0 N–H and O–H groups in total. The Morgan fingerprint density at radius 1 is 1.00 bits per heavy atom. The van der Waals surface area contributed by atoms with Gasteiger partial charge in [0.05, 0.1) is 22.7 Å². The molecule has 0 spiro atoms. The summed E-state index contributed by atoms with van der Waals surface area (Å²) in [6.45, 7) is 4.16. The third-order valence-electron chi connectivity index (χ3n) is 6.86. The molecule has 5 nitrogen and oxygen atoms in total. The Kier molecular flexibility index (Phi) is 7.57. The quantitative estimate of drug-likeness (QED) is 0.219. The molecule has 3 aromatic carbocycles. The first-order chi connectivity index (χ1) is 17.6. The van der Waals surface area contributed by atoms with Crippen LogP contribution >= 0.6 is 11.6 Å². The molecule has 36 heavy (non-hydrogen) atoms. The van der Waals surface area contributed by atoms with Crippen LogP contribution in [0.4, 0.5) is 5.69 Å². The largest absolute Gasteiger partial charge is 0.492 e. The summed E-state index contributed by atoms with van der Waals surface area (Å²) in [5.41, 5.74) is 4.35. The Balaban J connectivity index is 1.31. The molecule has 1 atom stereocenters. The van der Waals surface area contributed by atoms with Crippen LogP contribution in [0.25, 0.3) is 11.0 Å². The van der Waals surface area contributed by atoms with Crippen molar-refractivity contribution in [1.29, 1.82) is 0 Å². The van der Waals surface area contributed by atoms with Crippen molar-refractivity contribution in [3.05, 3.63) is 89.2 Å². The smallest absolute Gasteiger partial charge is 0.227 e. The molecule has 4 aromatic rings. The van der Waals surface area contributed by atoms with Crippen LogP contribution < -0.4 is 9.64 Å². The van der Waals surface area contributed by atoms with Crippen molar-refractivity contribution in [1.82, 2.24) is 9.55 Å². The van der Waals surface area contributed by atoms with Gasteiger partial charge in [0.1, 0.15) is 11.6 Å². The Hall–Kier alpha value is -3.31. The number of anilines is 1. The van der Waals surface area contributed by atoms with Crippen LogP contribution in [-0.4, -0.2) is 28.6 Å². The van der Waals surface area contributed by atoms with Crippen LogP contribution in [0, 0.1) is 0 Å². The van der Waals surface area contributed by atoms with Crippen molar-refractivity contribution in [2.75, 3.05) is 18.1 Å². The average molecular weight is 502 g/mol. The topological polar surface area (TPSA) is 47.4 Å². The lowest BCUT2D eigenvalue weighted by Gasteiger charge is -2.18. The number of benzene rings is 3. The maximum Gasteiger partial charge on any atom is 0.227 e. The number of amides is 1. The van der Waals surface area contributed by atoms with Crippen molar-refractivity contribution in [2.45, 2.75) is 51.5 Å². The van der Waals surface area contributed by atoms with Gasteiger partial charge < -0.3 is 14.2 Å². The van der Waals surface area contributed by atoms with Gasteiger partial charge in [-0.25, -0.2) is 4.98 Å². The molecule has 5 rings (SSSR count). The van der Waals surface area contributed by atoms with E-state index in [4.69, 9.17) is 21.3 Å². The number of hydrogen-bond donors (Lipinski definition) is 0. The van der Waals surface area contributed by atoms with Crippen LogP contribution in [-0.2, 0) is 17.8 Å². The van der Waals surface area contributed by atoms with Gasteiger partial charge in [0.2, 0.25) is 5.91 Å². The number of ether oxygens (including phenoxy) is 1. The maximum atomic E-state index is 13.0. The lowest BCUT2D eigenvalue weighted by Crippen LogP contribution is -2.24. The number of rotatable bonds is 10. The first kappa shape index (κ1) is 24.4. The zero-order valence-corrected chi connectivity index (χ0v) is 21.5. The first-order valence-corrected chi connectivity index (χ1v) is 13.2. The molecule has 1 amide bonds. The summed E-state index contributed by atoms with van der Waals surface area (Å²) in [6.07, 6.45) is 4.72. The molecule has 0 aliphatic carbocycles. The number of halogens is 1. The minimum absolute atomic E-state index is 0.0501. The highest BCUT2D eigenvalue weighted by Gasteiger charge is 2.34. The summed E-state index contributed by atoms with van der Waals surface area (Å²) in [5.74, 6) is 1.88. The summed E-state index contributed by atoms with van der Waals surface area (Å²) >= 11 is 6.22. The van der Waals surface area contributed by atoms with E-state index in [2.05, 4.69) is 41.8 Å². The molecule has 6 heteroatoms. The van der Waals surface area contributed by atoms with Crippen LogP contribution in [0.3, 0.4) is 0 Å². The van der Waals surface area contributed by atoms with Gasteiger partial charge in [0, 0.05) is 31.1 Å². The fourth-order valence-corrected chi connectivity index (χ4v) is 5.15. The van der Waals surface area contributed by atoms with Crippen molar-refractivity contribution in [2.24, 2.45) is 0 Å². The zero-order valence-electron chi connectivity index (χ0n) is 20.7. The van der Waals surface area contributed by atoms with E-state index in [-0.39, 0.29) is 11.8 Å². The minimum Gasteiger partial charge on any atom is -0.492 e. The summed E-state index contributed by atoms with van der Waals surface area (Å²) in [6, 6.07) is 24.2. The predicted octanol–water partition coefficient (Wildman–Crippen LogP) is 7.02. The predicted molar refractivity (Wildman–Crippen MR) is 146 cm³/mol. The van der Waals surface area contributed by atoms with Gasteiger partial charge in [-0.05, 0) is 61.2 Å². The van der Waals surface area contributed by atoms with E-state index in [1.807, 2.05) is 47.4 Å². The van der Waals surface area contributed by atoms with Crippen LogP contribution in [0.5, 0.6) is 5.75 Å². The van der Waals surface area contributed by atoms with Gasteiger partial charge >= 0.3 is 0 Å². The molecular formula is C30H32ClN3O2. The molecule has 186 valence electrons. The standard InChI is InChI=1S/C30H32ClN3O2/c1-2-3-9-22-14-16-24(17-15-22)34-21-23(20-29(34)35)30-32-26-11-5-6-12-27(26)33(30)18-8-19-36-28-13-7-4-10-25(28)31/h4-7,10-17,23H,2-3,8-9,18-21H2,1H3. The van der Waals surface area contributed by atoms with Gasteiger partial charge in [-0.2, -0.15) is 0 Å². The first-order valence-electron chi connectivity index (χ1n) is 12.9. The summed E-state index contributed by atoms with van der Waals surface area (Å²) in [4.78, 5) is 19.9. The van der Waals surface area contributed by atoms with Gasteiger partial charge in [-0.3, -0.25) is 4.79 Å². The summed E-state index contributed by atoms with van der Waals surface area (Å²) < 4.78 is 8.17. The zero-order chi connectivity index (χ0) is 24.9. The number of nitrogens with zero attached hydrogens (tertiary/aromatic N) is 3. The minimum atomic E-state index is 0.0501. The lowest BCUT2D eigenvalue weighted by molar-refractivity contribution is -0.117. The monoisotopic (exact) mass is 501 g/mol. The van der Waals surface area contributed by atoms with Gasteiger partial charge in [0.15, 0.2) is 0 Å². The highest BCUT2D eigenvalue weighted by molar-refractivity contribution is 6.32.